The van der Waals surface area contributed by atoms with E-state index in [4.69, 9.17) is 4.42 Å². The van der Waals surface area contributed by atoms with Crippen molar-refractivity contribution < 1.29 is 4.42 Å². The molecule has 0 spiro atoms. The summed E-state index contributed by atoms with van der Waals surface area (Å²) in [6, 6.07) is 2.65. The lowest BCUT2D eigenvalue weighted by Gasteiger charge is -2.33. The molecule has 3 heteroatoms. The largest absolute Gasteiger partial charge is 0.464 e. The topological polar surface area (TPSA) is 28.4 Å². The lowest BCUT2D eigenvalue weighted by molar-refractivity contribution is 0.149. The first kappa shape index (κ1) is 11.7. The Morgan fingerprint density at radius 1 is 1.38 bits per heavy atom. The highest BCUT2D eigenvalue weighted by atomic mass is 16.3. The quantitative estimate of drug-likeness (QED) is 0.850. The molecule has 0 unspecified atom stereocenters. The molecule has 16 heavy (non-hydrogen) atoms. The molecule has 1 aromatic heterocycles. The highest BCUT2D eigenvalue weighted by Gasteiger charge is 2.23. The number of nitrogens with one attached hydrogen (secondary N) is 1. The third kappa shape index (κ3) is 2.30. The molecule has 1 aromatic rings. The lowest BCUT2D eigenvalue weighted by atomic mass is 10.1. The van der Waals surface area contributed by atoms with E-state index in [2.05, 4.69) is 30.1 Å². The monoisotopic (exact) mass is 222 g/mol. The van der Waals surface area contributed by atoms with Crippen LogP contribution < -0.4 is 5.32 Å². The Morgan fingerprint density at radius 3 is 2.56 bits per heavy atom. The molecule has 0 bridgehead atoms. The Morgan fingerprint density at radius 2 is 2.06 bits per heavy atom. The summed E-state index contributed by atoms with van der Waals surface area (Å²) in [4.78, 5) is 2.52. The Labute approximate surface area is 97.8 Å². The SMILES string of the molecule is CC[C@@H](c1cc(C)c(C)o1)N1CCNCC1. The van der Waals surface area contributed by atoms with Gasteiger partial charge in [-0.2, -0.15) is 0 Å². The molecule has 0 saturated carbocycles. The molecule has 2 rings (SSSR count). The minimum atomic E-state index is 0.453. The van der Waals surface area contributed by atoms with Crippen LogP contribution in [0.5, 0.6) is 0 Å². The van der Waals surface area contributed by atoms with Crippen molar-refractivity contribution >= 4 is 0 Å². The van der Waals surface area contributed by atoms with Gasteiger partial charge >= 0.3 is 0 Å². The normalized spacial score (nSPS) is 19.9. The van der Waals surface area contributed by atoms with Gasteiger partial charge in [-0.05, 0) is 31.9 Å². The number of aryl methyl sites for hydroxylation is 2. The summed E-state index contributed by atoms with van der Waals surface area (Å²) < 4.78 is 5.86. The highest BCUT2D eigenvalue weighted by molar-refractivity contribution is 5.21. The van der Waals surface area contributed by atoms with Crippen LogP contribution in [0.1, 0.15) is 36.5 Å². The fourth-order valence-electron chi connectivity index (χ4n) is 2.40. The molecule has 1 fully saturated rings. The van der Waals surface area contributed by atoms with Crippen LogP contribution >= 0.6 is 0 Å². The molecule has 2 heterocycles. The van der Waals surface area contributed by atoms with Crippen LogP contribution in [-0.4, -0.2) is 31.1 Å². The van der Waals surface area contributed by atoms with Gasteiger partial charge in [-0.1, -0.05) is 6.92 Å². The van der Waals surface area contributed by atoms with E-state index in [9.17, 15) is 0 Å². The van der Waals surface area contributed by atoms with E-state index in [0.717, 1.165) is 44.1 Å². The summed E-state index contributed by atoms with van der Waals surface area (Å²) in [6.45, 7) is 10.8. The zero-order valence-corrected chi connectivity index (χ0v) is 10.5. The summed E-state index contributed by atoms with van der Waals surface area (Å²) in [5.74, 6) is 2.20. The van der Waals surface area contributed by atoms with Gasteiger partial charge in [-0.3, -0.25) is 4.90 Å². The van der Waals surface area contributed by atoms with E-state index in [-0.39, 0.29) is 0 Å². The zero-order valence-electron chi connectivity index (χ0n) is 10.5. The Balaban J connectivity index is 2.14. The van der Waals surface area contributed by atoms with Gasteiger partial charge in [-0.25, -0.2) is 0 Å². The predicted octanol–water partition coefficient (Wildman–Crippen LogP) is 2.25. The van der Waals surface area contributed by atoms with Crippen molar-refractivity contribution in [3.63, 3.8) is 0 Å². The molecule has 0 radical (unpaired) electrons. The van der Waals surface area contributed by atoms with Crippen molar-refractivity contribution in [3.05, 3.63) is 23.2 Å². The van der Waals surface area contributed by atoms with E-state index in [0.29, 0.717) is 6.04 Å². The first-order chi connectivity index (χ1) is 7.72. The molecular formula is C13H22N2O. The molecule has 90 valence electrons. The molecular weight excluding hydrogens is 200 g/mol. The Kier molecular flexibility index (Phi) is 3.66. The Bertz CT molecular complexity index is 320. The number of furan rings is 1. The first-order valence-corrected chi connectivity index (χ1v) is 6.24. The molecule has 1 aliphatic heterocycles. The minimum Gasteiger partial charge on any atom is -0.464 e. The maximum atomic E-state index is 5.86. The number of piperazine rings is 1. The standard InChI is InChI=1S/C13H22N2O/c1-4-12(15-7-5-14-6-8-15)13-9-10(2)11(3)16-13/h9,12,14H,4-8H2,1-3H3/t12-/m0/s1. The van der Waals surface area contributed by atoms with E-state index >= 15 is 0 Å². The predicted molar refractivity (Wildman–Crippen MR) is 65.7 cm³/mol. The highest BCUT2D eigenvalue weighted by Crippen LogP contribution is 2.27. The molecule has 0 aromatic carbocycles. The van der Waals surface area contributed by atoms with Gasteiger partial charge in [0.25, 0.3) is 0 Å². The lowest BCUT2D eigenvalue weighted by Crippen LogP contribution is -2.44. The second-order valence-electron chi connectivity index (χ2n) is 4.60. The number of hydrogen-bond acceptors (Lipinski definition) is 3. The first-order valence-electron chi connectivity index (χ1n) is 6.24. The van der Waals surface area contributed by atoms with Crippen LogP contribution in [0, 0.1) is 13.8 Å². The van der Waals surface area contributed by atoms with Crippen molar-refractivity contribution in [2.24, 2.45) is 0 Å². The average molecular weight is 222 g/mol. The smallest absolute Gasteiger partial charge is 0.121 e. The maximum absolute atomic E-state index is 5.86. The summed E-state index contributed by atoms with van der Waals surface area (Å²) in [5, 5.41) is 3.39. The summed E-state index contributed by atoms with van der Waals surface area (Å²) in [7, 11) is 0. The van der Waals surface area contributed by atoms with Crippen molar-refractivity contribution in [3.8, 4) is 0 Å². The summed E-state index contributed by atoms with van der Waals surface area (Å²) in [6.07, 6.45) is 1.12. The van der Waals surface area contributed by atoms with E-state index in [1.54, 1.807) is 0 Å². The van der Waals surface area contributed by atoms with Gasteiger partial charge in [0.1, 0.15) is 11.5 Å². The second-order valence-corrected chi connectivity index (χ2v) is 4.60. The van der Waals surface area contributed by atoms with Gasteiger partial charge in [0, 0.05) is 26.2 Å². The van der Waals surface area contributed by atoms with Crippen molar-refractivity contribution in [1.29, 1.82) is 0 Å². The van der Waals surface area contributed by atoms with E-state index < -0.39 is 0 Å². The number of hydrogen-bond donors (Lipinski definition) is 1. The fourth-order valence-corrected chi connectivity index (χ4v) is 2.40. The minimum absolute atomic E-state index is 0.453. The number of nitrogens with zero attached hydrogens (tertiary/aromatic N) is 1. The van der Waals surface area contributed by atoms with E-state index in [1.165, 1.54) is 5.56 Å². The molecule has 1 atom stereocenters. The molecule has 1 N–H and O–H groups in total. The average Bonchev–Trinajstić information content (AvgIpc) is 2.61. The van der Waals surface area contributed by atoms with Gasteiger partial charge in [0.15, 0.2) is 0 Å². The number of rotatable bonds is 3. The van der Waals surface area contributed by atoms with Crippen LogP contribution in [-0.2, 0) is 0 Å². The summed E-state index contributed by atoms with van der Waals surface area (Å²) in [5.41, 5.74) is 1.27. The molecule has 0 amide bonds. The third-order valence-corrected chi connectivity index (χ3v) is 3.49. The van der Waals surface area contributed by atoms with E-state index in [1.807, 2.05) is 6.92 Å². The molecule has 1 saturated heterocycles. The Hall–Kier alpha value is -0.800. The van der Waals surface area contributed by atoms with Crippen LogP contribution in [0.3, 0.4) is 0 Å². The maximum Gasteiger partial charge on any atom is 0.121 e. The van der Waals surface area contributed by atoms with Crippen molar-refractivity contribution in [2.45, 2.75) is 33.2 Å². The van der Waals surface area contributed by atoms with Gasteiger partial charge < -0.3 is 9.73 Å². The van der Waals surface area contributed by atoms with Crippen LogP contribution in [0.15, 0.2) is 10.5 Å². The van der Waals surface area contributed by atoms with Gasteiger partial charge in [0.2, 0.25) is 0 Å². The third-order valence-electron chi connectivity index (χ3n) is 3.49. The van der Waals surface area contributed by atoms with Crippen LogP contribution in [0.2, 0.25) is 0 Å². The molecule has 3 nitrogen and oxygen atoms in total. The van der Waals surface area contributed by atoms with Gasteiger partial charge in [-0.15, -0.1) is 0 Å². The van der Waals surface area contributed by atoms with Crippen molar-refractivity contribution in [1.82, 2.24) is 10.2 Å². The molecule has 1 aliphatic rings. The molecule has 0 aliphatic carbocycles. The van der Waals surface area contributed by atoms with Crippen LogP contribution in [0.4, 0.5) is 0 Å². The second kappa shape index (κ2) is 5.02. The zero-order chi connectivity index (χ0) is 11.5. The van der Waals surface area contributed by atoms with Gasteiger partial charge in [0.05, 0.1) is 6.04 Å². The van der Waals surface area contributed by atoms with Crippen molar-refractivity contribution in [2.75, 3.05) is 26.2 Å². The summed E-state index contributed by atoms with van der Waals surface area (Å²) >= 11 is 0. The fraction of sp³-hybridized carbons (Fsp3) is 0.692. The van der Waals surface area contributed by atoms with Crippen LogP contribution in [0.25, 0.3) is 0 Å².